The molecule has 0 saturated heterocycles. The summed E-state index contributed by atoms with van der Waals surface area (Å²) >= 11 is 0. The van der Waals surface area contributed by atoms with Gasteiger partial charge in [-0.3, -0.25) is 4.79 Å². The number of sulfonamides is 1. The van der Waals surface area contributed by atoms with Crippen molar-refractivity contribution in [3.63, 3.8) is 0 Å². The Morgan fingerprint density at radius 2 is 1.56 bits per heavy atom. The average molecular weight is 453 g/mol. The van der Waals surface area contributed by atoms with Gasteiger partial charge in [0.25, 0.3) is 5.91 Å². The second-order valence-electron chi connectivity index (χ2n) is 7.83. The van der Waals surface area contributed by atoms with Gasteiger partial charge in [0.2, 0.25) is 10.0 Å². The summed E-state index contributed by atoms with van der Waals surface area (Å²) in [6, 6.07) is 23.1. The molecule has 32 heavy (non-hydrogen) atoms. The van der Waals surface area contributed by atoms with Crippen molar-refractivity contribution < 1.29 is 17.9 Å². The van der Waals surface area contributed by atoms with Crippen LogP contribution in [0.3, 0.4) is 0 Å². The molecule has 0 aliphatic heterocycles. The summed E-state index contributed by atoms with van der Waals surface area (Å²) in [7, 11) is -2.09. The Morgan fingerprint density at radius 3 is 2.16 bits per heavy atom. The molecule has 0 fully saturated rings. The Labute approximate surface area is 189 Å². The van der Waals surface area contributed by atoms with E-state index in [1.54, 1.807) is 19.2 Å². The fourth-order valence-electron chi connectivity index (χ4n) is 3.11. The molecule has 0 unspecified atom stereocenters. The highest BCUT2D eigenvalue weighted by Crippen LogP contribution is 2.21. The van der Waals surface area contributed by atoms with Crippen molar-refractivity contribution in [2.75, 3.05) is 19.0 Å². The predicted molar refractivity (Wildman–Crippen MR) is 126 cm³/mol. The number of amides is 1. The molecular formula is C25H28N2O4S. The Bertz CT molecular complexity index is 1130. The highest BCUT2D eigenvalue weighted by Gasteiger charge is 2.21. The number of hydrogen-bond acceptors (Lipinski definition) is 4. The van der Waals surface area contributed by atoms with Crippen LogP contribution in [0.1, 0.15) is 30.9 Å². The first kappa shape index (κ1) is 23.5. The van der Waals surface area contributed by atoms with Crippen LogP contribution >= 0.6 is 0 Å². The minimum atomic E-state index is -3.64. The molecule has 168 valence electrons. The van der Waals surface area contributed by atoms with Crippen LogP contribution in [0, 0.1) is 0 Å². The largest absolute Gasteiger partial charge is 0.484 e. The first-order valence-electron chi connectivity index (χ1n) is 10.4. The van der Waals surface area contributed by atoms with Crippen LogP contribution in [-0.4, -0.2) is 32.3 Å². The lowest BCUT2D eigenvalue weighted by molar-refractivity contribution is -0.118. The van der Waals surface area contributed by atoms with Crippen LogP contribution in [0.4, 0.5) is 5.69 Å². The molecule has 0 radical (unpaired) electrons. The maximum absolute atomic E-state index is 12.8. The maximum atomic E-state index is 12.8. The first-order valence-corrected chi connectivity index (χ1v) is 11.8. The maximum Gasteiger partial charge on any atom is 0.262 e. The van der Waals surface area contributed by atoms with Crippen LogP contribution in [0.5, 0.6) is 5.75 Å². The topological polar surface area (TPSA) is 75.7 Å². The minimum absolute atomic E-state index is 0.165. The van der Waals surface area contributed by atoms with Crippen LogP contribution < -0.4 is 10.1 Å². The van der Waals surface area contributed by atoms with Gasteiger partial charge in [-0.05, 0) is 53.4 Å². The molecule has 0 heterocycles. The highest BCUT2D eigenvalue weighted by atomic mass is 32.2. The molecule has 3 aromatic rings. The summed E-state index contributed by atoms with van der Waals surface area (Å²) in [5, 5.41) is 2.79. The van der Waals surface area contributed by atoms with Crippen LogP contribution in [0.2, 0.25) is 0 Å². The normalized spacial score (nSPS) is 11.5. The lowest BCUT2D eigenvalue weighted by Crippen LogP contribution is -2.26. The van der Waals surface area contributed by atoms with E-state index in [2.05, 4.69) is 19.2 Å². The van der Waals surface area contributed by atoms with Gasteiger partial charge in [0.15, 0.2) is 6.61 Å². The Balaban J connectivity index is 1.55. The molecule has 0 aromatic heterocycles. The molecule has 0 saturated carbocycles. The summed E-state index contributed by atoms with van der Waals surface area (Å²) < 4.78 is 32.4. The number of anilines is 1. The van der Waals surface area contributed by atoms with Crippen molar-refractivity contribution in [1.29, 1.82) is 0 Å². The lowest BCUT2D eigenvalue weighted by atomic mass is 10.0. The number of ether oxygens (including phenoxy) is 1. The molecule has 0 bridgehead atoms. The van der Waals surface area contributed by atoms with Gasteiger partial charge in [0, 0.05) is 19.3 Å². The molecule has 3 aromatic carbocycles. The Hall–Kier alpha value is -3.16. The fraction of sp³-hybridized carbons (Fsp3) is 0.240. The zero-order valence-electron chi connectivity index (χ0n) is 18.5. The lowest BCUT2D eigenvalue weighted by Gasteiger charge is -2.17. The molecule has 6 nitrogen and oxygen atoms in total. The Morgan fingerprint density at radius 1 is 0.938 bits per heavy atom. The second kappa shape index (κ2) is 10.4. The SMILES string of the molecule is CC(C)c1ccc(NC(=O)COc2ccc(S(=O)(=O)N(C)Cc3ccccc3)cc2)cc1. The van der Waals surface area contributed by atoms with Crippen LogP contribution in [0.25, 0.3) is 0 Å². The smallest absolute Gasteiger partial charge is 0.262 e. The van der Waals surface area contributed by atoms with E-state index in [-0.39, 0.29) is 24.0 Å². The molecule has 3 rings (SSSR count). The number of rotatable bonds is 9. The predicted octanol–water partition coefficient (Wildman–Crippen LogP) is 4.65. The quantitative estimate of drug-likeness (QED) is 0.513. The van der Waals surface area contributed by atoms with Crippen LogP contribution in [-0.2, 0) is 21.4 Å². The number of carbonyl (C=O) groups excluding carboxylic acids is 1. The number of nitrogens with zero attached hydrogens (tertiary/aromatic N) is 1. The zero-order valence-corrected chi connectivity index (χ0v) is 19.3. The summed E-state index contributed by atoms with van der Waals surface area (Å²) in [4.78, 5) is 12.3. The van der Waals surface area contributed by atoms with Gasteiger partial charge in [0.05, 0.1) is 4.90 Å². The monoisotopic (exact) mass is 452 g/mol. The Kier molecular flexibility index (Phi) is 7.66. The fourth-order valence-corrected chi connectivity index (χ4v) is 4.27. The van der Waals surface area contributed by atoms with E-state index in [1.807, 2.05) is 54.6 Å². The van der Waals surface area contributed by atoms with Crippen molar-refractivity contribution in [2.45, 2.75) is 31.2 Å². The van der Waals surface area contributed by atoms with E-state index < -0.39 is 10.0 Å². The van der Waals surface area contributed by atoms with Gasteiger partial charge in [0.1, 0.15) is 5.75 Å². The van der Waals surface area contributed by atoms with E-state index >= 15 is 0 Å². The van der Waals surface area contributed by atoms with Gasteiger partial charge in [-0.1, -0.05) is 56.3 Å². The van der Waals surface area contributed by atoms with Crippen molar-refractivity contribution in [2.24, 2.45) is 0 Å². The molecule has 0 spiro atoms. The number of benzene rings is 3. The van der Waals surface area contributed by atoms with E-state index in [9.17, 15) is 13.2 Å². The van der Waals surface area contributed by atoms with Gasteiger partial charge < -0.3 is 10.1 Å². The van der Waals surface area contributed by atoms with Gasteiger partial charge in [-0.25, -0.2) is 8.42 Å². The average Bonchev–Trinajstić information content (AvgIpc) is 2.79. The van der Waals surface area contributed by atoms with Gasteiger partial charge in [-0.15, -0.1) is 0 Å². The van der Waals surface area contributed by atoms with E-state index in [0.717, 1.165) is 5.56 Å². The van der Waals surface area contributed by atoms with E-state index in [0.29, 0.717) is 17.4 Å². The third-order valence-corrected chi connectivity index (χ3v) is 6.83. The number of nitrogens with one attached hydrogen (secondary N) is 1. The summed E-state index contributed by atoms with van der Waals surface area (Å²) in [5.41, 5.74) is 2.80. The highest BCUT2D eigenvalue weighted by molar-refractivity contribution is 7.89. The van der Waals surface area contributed by atoms with Crippen molar-refractivity contribution in [3.05, 3.63) is 90.0 Å². The minimum Gasteiger partial charge on any atom is -0.484 e. The van der Waals surface area contributed by atoms with E-state index in [4.69, 9.17) is 4.74 Å². The first-order chi connectivity index (χ1) is 15.3. The van der Waals surface area contributed by atoms with Crippen molar-refractivity contribution >= 4 is 21.6 Å². The molecule has 0 aliphatic rings. The standard InChI is InChI=1S/C25H28N2O4S/c1-19(2)21-9-11-22(12-10-21)26-25(28)18-31-23-13-15-24(16-14-23)32(29,30)27(3)17-20-7-5-4-6-8-20/h4-16,19H,17-18H2,1-3H3,(H,26,28). The molecule has 1 N–H and O–H groups in total. The molecular weight excluding hydrogens is 424 g/mol. The zero-order chi connectivity index (χ0) is 23.1. The summed E-state index contributed by atoms with van der Waals surface area (Å²) in [6.07, 6.45) is 0. The van der Waals surface area contributed by atoms with Gasteiger partial charge in [-0.2, -0.15) is 4.31 Å². The van der Waals surface area contributed by atoms with Crippen LogP contribution in [0.15, 0.2) is 83.8 Å². The van der Waals surface area contributed by atoms with Gasteiger partial charge >= 0.3 is 0 Å². The number of carbonyl (C=O) groups is 1. The third-order valence-electron chi connectivity index (χ3n) is 5.01. The summed E-state index contributed by atoms with van der Waals surface area (Å²) in [6.45, 7) is 4.32. The van der Waals surface area contributed by atoms with Crippen molar-refractivity contribution in [1.82, 2.24) is 4.31 Å². The third kappa shape index (κ3) is 6.18. The van der Waals surface area contributed by atoms with Crippen molar-refractivity contribution in [3.8, 4) is 5.75 Å². The molecule has 1 amide bonds. The second-order valence-corrected chi connectivity index (χ2v) is 9.88. The summed E-state index contributed by atoms with van der Waals surface area (Å²) in [5.74, 6) is 0.551. The number of hydrogen-bond donors (Lipinski definition) is 1. The van der Waals surface area contributed by atoms with E-state index in [1.165, 1.54) is 22.0 Å². The molecule has 0 aliphatic carbocycles. The molecule has 7 heteroatoms. The molecule has 0 atom stereocenters.